The minimum absolute atomic E-state index is 0.127. The van der Waals surface area contributed by atoms with Crippen LogP contribution < -0.4 is 4.74 Å². The number of aromatic nitrogens is 1. The lowest BCUT2D eigenvalue weighted by atomic mass is 9.92. The standard InChI is InChI=1S/C20H23FN3O2/c1-4-24-12-14(11-23-24)9-18-19(26-3)7-8-22-20(18)16-6-5-15(21)10-17(16)13(2)25/h5-8,10-14,25H,4,9H2,1-3H3/q+1/t13-,14?/m1/s1. The molecule has 0 fully saturated rings. The summed E-state index contributed by atoms with van der Waals surface area (Å²) in [6.45, 7) is 4.47. The second kappa shape index (κ2) is 7.74. The topological polar surface area (TPSA) is 57.7 Å². The molecule has 2 aromatic rings. The van der Waals surface area contributed by atoms with Crippen molar-refractivity contribution in [1.29, 1.82) is 0 Å². The Balaban J connectivity index is 2.09. The van der Waals surface area contributed by atoms with Gasteiger partial charge in [0.25, 0.3) is 0 Å². The van der Waals surface area contributed by atoms with Gasteiger partial charge < -0.3 is 9.84 Å². The van der Waals surface area contributed by atoms with Crippen LogP contribution in [0.3, 0.4) is 0 Å². The van der Waals surface area contributed by atoms with E-state index in [9.17, 15) is 9.50 Å². The van der Waals surface area contributed by atoms with Crippen LogP contribution in [0.1, 0.15) is 31.1 Å². The van der Waals surface area contributed by atoms with E-state index in [4.69, 9.17) is 4.74 Å². The van der Waals surface area contributed by atoms with Gasteiger partial charge in [0, 0.05) is 17.3 Å². The van der Waals surface area contributed by atoms with Crippen molar-refractivity contribution < 1.29 is 18.9 Å². The van der Waals surface area contributed by atoms with E-state index in [1.54, 1.807) is 26.3 Å². The average Bonchev–Trinajstić information content (AvgIpc) is 3.09. The zero-order valence-electron chi connectivity index (χ0n) is 15.2. The van der Waals surface area contributed by atoms with Gasteiger partial charge in [0.15, 0.2) is 12.8 Å². The van der Waals surface area contributed by atoms with E-state index in [2.05, 4.69) is 16.3 Å². The number of aliphatic hydroxyl groups excluding tert-OH is 1. The molecule has 0 bridgehead atoms. The SMILES string of the molecule is CC[N+]1=CC(Cc2c(OC)ccnc2-c2ccc(F)cc2[C@@H](C)O)C=N1. The van der Waals surface area contributed by atoms with Gasteiger partial charge in [-0.05, 0) is 55.2 Å². The van der Waals surface area contributed by atoms with Crippen LogP contribution in [0.5, 0.6) is 5.75 Å². The Morgan fingerprint density at radius 2 is 2.15 bits per heavy atom. The Morgan fingerprint density at radius 1 is 1.35 bits per heavy atom. The quantitative estimate of drug-likeness (QED) is 0.809. The van der Waals surface area contributed by atoms with E-state index in [0.717, 1.165) is 12.1 Å². The molecule has 1 N–H and O–H groups in total. The minimum atomic E-state index is -0.809. The maximum absolute atomic E-state index is 13.7. The highest BCUT2D eigenvalue weighted by molar-refractivity contribution is 5.84. The van der Waals surface area contributed by atoms with E-state index in [1.165, 1.54) is 12.1 Å². The van der Waals surface area contributed by atoms with Crippen LogP contribution in [0.25, 0.3) is 11.3 Å². The number of aliphatic hydroxyl groups is 1. The molecule has 1 aromatic heterocycles. The molecule has 2 heterocycles. The highest BCUT2D eigenvalue weighted by Gasteiger charge is 2.24. The molecule has 26 heavy (non-hydrogen) atoms. The molecule has 5 nitrogen and oxygen atoms in total. The molecule has 0 saturated heterocycles. The zero-order valence-corrected chi connectivity index (χ0v) is 15.2. The number of benzene rings is 1. The monoisotopic (exact) mass is 356 g/mol. The highest BCUT2D eigenvalue weighted by Crippen LogP contribution is 2.35. The number of hydrogen-bond acceptors (Lipinski definition) is 4. The summed E-state index contributed by atoms with van der Waals surface area (Å²) in [5.41, 5.74) is 2.81. The summed E-state index contributed by atoms with van der Waals surface area (Å²) in [6.07, 6.45) is 5.48. The Kier molecular flexibility index (Phi) is 5.42. The fourth-order valence-corrected chi connectivity index (χ4v) is 3.19. The Morgan fingerprint density at radius 3 is 2.81 bits per heavy atom. The third-order valence-electron chi connectivity index (χ3n) is 4.49. The molecule has 0 radical (unpaired) electrons. The summed E-state index contributed by atoms with van der Waals surface area (Å²) in [6, 6.07) is 6.21. The third-order valence-corrected chi connectivity index (χ3v) is 4.49. The summed E-state index contributed by atoms with van der Waals surface area (Å²) in [5.74, 6) is 0.457. The zero-order chi connectivity index (χ0) is 18.7. The van der Waals surface area contributed by atoms with E-state index in [-0.39, 0.29) is 11.7 Å². The van der Waals surface area contributed by atoms with Gasteiger partial charge >= 0.3 is 0 Å². The average molecular weight is 356 g/mol. The first-order chi connectivity index (χ1) is 12.5. The number of pyridine rings is 1. The second-order valence-electron chi connectivity index (χ2n) is 6.29. The Labute approximate surface area is 152 Å². The number of hydrazone groups is 1. The van der Waals surface area contributed by atoms with Gasteiger partial charge in [-0.15, -0.1) is 0 Å². The smallest absolute Gasteiger partial charge is 0.181 e. The Hall–Kier alpha value is -2.60. The first-order valence-corrected chi connectivity index (χ1v) is 8.69. The fraction of sp³-hybridized carbons (Fsp3) is 0.350. The van der Waals surface area contributed by atoms with Crippen molar-refractivity contribution >= 4 is 12.4 Å². The van der Waals surface area contributed by atoms with E-state index in [1.807, 2.05) is 23.9 Å². The van der Waals surface area contributed by atoms with Crippen molar-refractivity contribution in [2.24, 2.45) is 11.0 Å². The van der Waals surface area contributed by atoms with Crippen molar-refractivity contribution in [2.75, 3.05) is 13.7 Å². The van der Waals surface area contributed by atoms with Crippen LogP contribution in [0, 0.1) is 11.7 Å². The molecule has 0 amide bonds. The van der Waals surface area contributed by atoms with Crippen LogP contribution in [0.2, 0.25) is 0 Å². The van der Waals surface area contributed by atoms with Gasteiger partial charge in [0.05, 0.1) is 31.0 Å². The molecule has 3 rings (SSSR count). The number of ether oxygens (including phenoxy) is 1. The lowest BCUT2D eigenvalue weighted by molar-refractivity contribution is -0.522. The number of nitrogens with zero attached hydrogens (tertiary/aromatic N) is 3. The van der Waals surface area contributed by atoms with Crippen molar-refractivity contribution in [1.82, 2.24) is 4.98 Å². The number of rotatable bonds is 6. The van der Waals surface area contributed by atoms with Crippen molar-refractivity contribution in [3.63, 3.8) is 0 Å². The fourth-order valence-electron chi connectivity index (χ4n) is 3.19. The highest BCUT2D eigenvalue weighted by atomic mass is 19.1. The molecule has 1 unspecified atom stereocenters. The van der Waals surface area contributed by atoms with Gasteiger partial charge in [-0.3, -0.25) is 4.98 Å². The maximum Gasteiger partial charge on any atom is 0.181 e. The molecular weight excluding hydrogens is 333 g/mol. The van der Waals surface area contributed by atoms with E-state index < -0.39 is 6.10 Å². The number of halogens is 1. The maximum atomic E-state index is 13.7. The van der Waals surface area contributed by atoms with Crippen LogP contribution in [0.15, 0.2) is 35.6 Å². The van der Waals surface area contributed by atoms with Gasteiger partial charge in [0.1, 0.15) is 11.6 Å². The molecule has 0 spiro atoms. The molecule has 6 heteroatoms. The minimum Gasteiger partial charge on any atom is -0.496 e. The summed E-state index contributed by atoms with van der Waals surface area (Å²) < 4.78 is 21.1. The summed E-state index contributed by atoms with van der Waals surface area (Å²) in [5, 5.41) is 14.4. The van der Waals surface area contributed by atoms with Crippen LogP contribution >= 0.6 is 0 Å². The van der Waals surface area contributed by atoms with Gasteiger partial charge in [0.2, 0.25) is 0 Å². The lowest BCUT2D eigenvalue weighted by Gasteiger charge is -2.17. The van der Waals surface area contributed by atoms with Crippen molar-refractivity contribution in [2.45, 2.75) is 26.4 Å². The number of hydrogen-bond donors (Lipinski definition) is 1. The summed E-state index contributed by atoms with van der Waals surface area (Å²) in [4.78, 5) is 4.53. The predicted molar refractivity (Wildman–Crippen MR) is 99.4 cm³/mol. The molecule has 1 aliphatic rings. The molecule has 136 valence electrons. The Bertz CT molecular complexity index is 862. The largest absolute Gasteiger partial charge is 0.496 e. The van der Waals surface area contributed by atoms with Gasteiger partial charge in [-0.1, -0.05) is 4.68 Å². The predicted octanol–water partition coefficient (Wildman–Crippen LogP) is 3.21. The number of methoxy groups -OCH3 is 1. The summed E-state index contributed by atoms with van der Waals surface area (Å²) >= 11 is 0. The molecule has 1 aromatic carbocycles. The molecular formula is C20H23FN3O2+. The molecule has 0 aliphatic carbocycles. The normalized spacial score (nSPS) is 17.3. The van der Waals surface area contributed by atoms with Crippen LogP contribution in [0.4, 0.5) is 4.39 Å². The van der Waals surface area contributed by atoms with E-state index in [0.29, 0.717) is 29.0 Å². The van der Waals surface area contributed by atoms with Gasteiger partial charge in [-0.2, -0.15) is 0 Å². The van der Waals surface area contributed by atoms with Crippen molar-refractivity contribution in [3.8, 4) is 17.0 Å². The van der Waals surface area contributed by atoms with Crippen LogP contribution in [-0.2, 0) is 6.42 Å². The molecule has 0 saturated carbocycles. The van der Waals surface area contributed by atoms with Crippen molar-refractivity contribution in [3.05, 3.63) is 47.4 Å². The van der Waals surface area contributed by atoms with Crippen LogP contribution in [-0.4, -0.2) is 40.9 Å². The molecule has 1 aliphatic heterocycles. The lowest BCUT2D eigenvalue weighted by Crippen LogP contribution is -2.11. The van der Waals surface area contributed by atoms with Gasteiger partial charge in [-0.25, -0.2) is 4.39 Å². The summed E-state index contributed by atoms with van der Waals surface area (Å²) in [7, 11) is 1.62. The first-order valence-electron chi connectivity index (χ1n) is 8.69. The first kappa shape index (κ1) is 18.2. The molecule has 2 atom stereocenters. The van der Waals surface area contributed by atoms with E-state index >= 15 is 0 Å². The third kappa shape index (κ3) is 3.65. The second-order valence-corrected chi connectivity index (χ2v) is 6.29.